The molecule has 1 unspecified atom stereocenters. The van der Waals surface area contributed by atoms with Gasteiger partial charge >= 0.3 is 0 Å². The van der Waals surface area contributed by atoms with Gasteiger partial charge in [0.15, 0.2) is 7.14 Å². The Hall–Kier alpha value is -3.16. The van der Waals surface area contributed by atoms with Crippen LogP contribution < -0.4 is 15.5 Å². The van der Waals surface area contributed by atoms with E-state index in [0.29, 0.717) is 0 Å². The molecule has 0 saturated carbocycles. The second-order valence-electron chi connectivity index (χ2n) is 9.32. The fourth-order valence-electron chi connectivity index (χ4n) is 5.41. The molecule has 1 heterocycles. The van der Waals surface area contributed by atoms with Crippen LogP contribution in [0.4, 0.5) is 5.69 Å². The third-order valence-corrected chi connectivity index (χ3v) is 10.2. The van der Waals surface area contributed by atoms with Gasteiger partial charge < -0.3 is 9.46 Å². The minimum Gasteiger partial charge on any atom is -0.338 e. The van der Waals surface area contributed by atoms with Crippen molar-refractivity contribution in [1.82, 2.24) is 0 Å². The fraction of sp³-hybridized carbons (Fsp3) is 0.258. The minimum absolute atomic E-state index is 0.166. The van der Waals surface area contributed by atoms with Crippen LogP contribution in [0.5, 0.6) is 0 Å². The molecule has 2 aliphatic carbocycles. The quantitative estimate of drug-likeness (QED) is 0.319. The summed E-state index contributed by atoms with van der Waals surface area (Å²) in [5.74, 6) is 0.281. The standard InChI is InChI=1S/C31H33N2OP/c1-3-32-22-21-24(2)33-30-18-12-11-17-28(30)29-23-27(19-20-31(29)33)35(34,26-15-9-6-10-16-26)25-13-7-4-5-8-14-25/h3,6-7,9-16,18-24,28H,4-5,8,17H2,1-2H3/b22-21-,32-3?/t24-,28-,35?/m1/s1. The molecule has 5 rings (SSSR count). The maximum absolute atomic E-state index is 15.1. The Kier molecular flexibility index (Phi) is 6.88. The predicted octanol–water partition coefficient (Wildman–Crippen LogP) is 7.36. The third kappa shape index (κ3) is 4.34. The summed E-state index contributed by atoms with van der Waals surface area (Å²) in [6.45, 7) is 4.13. The van der Waals surface area contributed by atoms with Crippen LogP contribution >= 0.6 is 7.14 Å². The maximum atomic E-state index is 15.1. The van der Waals surface area contributed by atoms with Crippen LogP contribution in [-0.2, 0) is 4.57 Å². The van der Waals surface area contributed by atoms with Crippen molar-refractivity contribution < 1.29 is 4.57 Å². The number of rotatable bonds is 6. The smallest absolute Gasteiger partial charge is 0.170 e. The molecule has 3 nitrogen and oxygen atoms in total. The summed E-state index contributed by atoms with van der Waals surface area (Å²) >= 11 is 0. The molecular weight excluding hydrogens is 447 g/mol. The van der Waals surface area contributed by atoms with E-state index in [-0.39, 0.29) is 12.0 Å². The summed E-state index contributed by atoms with van der Waals surface area (Å²) in [5, 5.41) is 2.79. The first-order valence-electron chi connectivity index (χ1n) is 12.6. The van der Waals surface area contributed by atoms with Crippen LogP contribution in [0, 0.1) is 0 Å². The summed E-state index contributed by atoms with van der Waals surface area (Å²) in [6, 6.07) is 16.7. The van der Waals surface area contributed by atoms with Gasteiger partial charge in [-0.2, -0.15) is 0 Å². The number of hydrogen-bond donors (Lipinski definition) is 0. The Morgan fingerprint density at radius 3 is 2.77 bits per heavy atom. The molecular formula is C31H33N2OP. The molecule has 4 heteroatoms. The molecule has 2 aromatic carbocycles. The molecule has 0 N–H and O–H groups in total. The highest BCUT2D eigenvalue weighted by atomic mass is 31.2. The van der Waals surface area contributed by atoms with E-state index in [1.54, 1.807) is 6.21 Å². The van der Waals surface area contributed by atoms with Crippen molar-refractivity contribution in [2.45, 2.75) is 51.5 Å². The number of anilines is 1. The molecule has 0 saturated heterocycles. The van der Waals surface area contributed by atoms with Crippen molar-refractivity contribution in [3.63, 3.8) is 0 Å². The van der Waals surface area contributed by atoms with Crippen molar-refractivity contribution >= 4 is 29.7 Å². The highest BCUT2D eigenvalue weighted by Crippen LogP contribution is 2.55. The van der Waals surface area contributed by atoms with Gasteiger partial charge in [0.05, 0.1) is 6.04 Å². The van der Waals surface area contributed by atoms with Crippen LogP contribution in [0.1, 0.15) is 51.0 Å². The average molecular weight is 481 g/mol. The number of fused-ring (bicyclic) bond motifs is 3. The SMILES string of the molecule is CC=N/C=C\[C@@H](C)N1C2=CC=CC[C@@H]2c2cc(P(=O)(C3=CCCCC=C3)c3ccccc3)ccc21. The summed E-state index contributed by atoms with van der Waals surface area (Å²) < 4.78 is 15.1. The lowest BCUT2D eigenvalue weighted by Crippen LogP contribution is -2.29. The highest BCUT2D eigenvalue weighted by molar-refractivity contribution is 7.82. The number of nitrogens with zero attached hydrogens (tertiary/aromatic N) is 2. The Morgan fingerprint density at radius 2 is 1.94 bits per heavy atom. The molecule has 0 spiro atoms. The second kappa shape index (κ2) is 10.2. The monoisotopic (exact) mass is 480 g/mol. The van der Waals surface area contributed by atoms with E-state index in [4.69, 9.17) is 0 Å². The lowest BCUT2D eigenvalue weighted by Gasteiger charge is -2.28. The van der Waals surface area contributed by atoms with Crippen molar-refractivity contribution in [2.24, 2.45) is 4.99 Å². The van der Waals surface area contributed by atoms with Gasteiger partial charge in [-0.25, -0.2) is 0 Å². The number of benzene rings is 2. The van der Waals surface area contributed by atoms with E-state index >= 15 is 4.57 Å². The maximum Gasteiger partial charge on any atom is 0.170 e. The van der Waals surface area contributed by atoms with Gasteiger partial charge in [-0.05, 0) is 75.4 Å². The van der Waals surface area contributed by atoms with E-state index in [0.717, 1.165) is 41.6 Å². The predicted molar refractivity (Wildman–Crippen MR) is 151 cm³/mol. The van der Waals surface area contributed by atoms with Gasteiger partial charge in [0.1, 0.15) is 0 Å². The first-order chi connectivity index (χ1) is 17.1. The van der Waals surface area contributed by atoms with Crippen LogP contribution in [0.25, 0.3) is 0 Å². The molecule has 0 bridgehead atoms. The van der Waals surface area contributed by atoms with Gasteiger partial charge in [0.25, 0.3) is 0 Å². The first-order valence-corrected chi connectivity index (χ1v) is 14.3. The van der Waals surface area contributed by atoms with E-state index in [1.165, 1.54) is 16.9 Å². The highest BCUT2D eigenvalue weighted by Gasteiger charge is 2.38. The number of aliphatic imine (C=N–C) groups is 1. The molecule has 0 radical (unpaired) electrons. The molecule has 0 fully saturated rings. The van der Waals surface area contributed by atoms with E-state index < -0.39 is 7.14 Å². The molecule has 3 atom stereocenters. The molecule has 35 heavy (non-hydrogen) atoms. The third-order valence-electron chi connectivity index (χ3n) is 7.13. The Bertz CT molecular complexity index is 1310. The largest absolute Gasteiger partial charge is 0.338 e. The topological polar surface area (TPSA) is 32.7 Å². The Morgan fingerprint density at radius 1 is 1.09 bits per heavy atom. The lowest BCUT2D eigenvalue weighted by atomic mass is 9.92. The minimum atomic E-state index is -2.99. The van der Waals surface area contributed by atoms with Crippen LogP contribution in [0.15, 0.2) is 113 Å². The lowest BCUT2D eigenvalue weighted by molar-refractivity contribution is 0.591. The van der Waals surface area contributed by atoms with Crippen molar-refractivity contribution in [1.29, 1.82) is 0 Å². The zero-order valence-corrected chi connectivity index (χ0v) is 21.4. The summed E-state index contributed by atoms with van der Waals surface area (Å²) in [6.07, 6.45) is 23.0. The van der Waals surface area contributed by atoms with Crippen molar-refractivity contribution in [2.75, 3.05) is 4.90 Å². The Balaban J connectivity index is 1.65. The van der Waals surface area contributed by atoms with Gasteiger partial charge in [0, 0.05) is 45.6 Å². The van der Waals surface area contributed by atoms with Gasteiger partial charge in [-0.3, -0.25) is 4.99 Å². The van der Waals surface area contributed by atoms with Crippen molar-refractivity contribution in [3.8, 4) is 0 Å². The summed E-state index contributed by atoms with van der Waals surface area (Å²) in [5.41, 5.74) is 3.78. The van der Waals surface area contributed by atoms with E-state index in [9.17, 15) is 0 Å². The zero-order valence-electron chi connectivity index (χ0n) is 20.5. The average Bonchev–Trinajstić information content (AvgIpc) is 3.02. The molecule has 178 valence electrons. The summed E-state index contributed by atoms with van der Waals surface area (Å²) in [7, 11) is -2.99. The first kappa shape index (κ1) is 23.6. The van der Waals surface area contributed by atoms with Crippen LogP contribution in [0.2, 0.25) is 0 Å². The summed E-state index contributed by atoms with van der Waals surface area (Å²) in [4.78, 5) is 6.68. The number of allylic oxidation sites excluding steroid dienone is 8. The molecule has 0 amide bonds. The van der Waals surface area contributed by atoms with Crippen molar-refractivity contribution in [3.05, 3.63) is 114 Å². The molecule has 2 aromatic rings. The van der Waals surface area contributed by atoms with E-state index in [2.05, 4.69) is 77.5 Å². The van der Waals surface area contributed by atoms with Gasteiger partial charge in [-0.1, -0.05) is 60.7 Å². The second-order valence-corrected chi connectivity index (χ2v) is 12.1. The fourth-order valence-corrected chi connectivity index (χ4v) is 8.20. The number of hydrogen-bond acceptors (Lipinski definition) is 3. The van der Waals surface area contributed by atoms with Crippen LogP contribution in [-0.4, -0.2) is 12.3 Å². The van der Waals surface area contributed by atoms with Crippen LogP contribution in [0.3, 0.4) is 0 Å². The Labute approximate surface area is 209 Å². The van der Waals surface area contributed by atoms with Gasteiger partial charge in [0.2, 0.25) is 0 Å². The van der Waals surface area contributed by atoms with Gasteiger partial charge in [-0.15, -0.1) is 0 Å². The molecule has 1 aliphatic heterocycles. The van der Waals surface area contributed by atoms with E-state index in [1.807, 2.05) is 43.5 Å². The molecule has 3 aliphatic rings. The normalized spacial score (nSPS) is 21.9. The zero-order chi connectivity index (χ0) is 24.3. The molecule has 0 aromatic heterocycles.